The molecule has 0 aliphatic carbocycles. The Morgan fingerprint density at radius 2 is 1.79 bits per heavy atom. The van der Waals surface area contributed by atoms with Crippen molar-refractivity contribution in [2.75, 3.05) is 7.05 Å². The first-order valence-electron chi connectivity index (χ1n) is 9.32. The van der Waals surface area contributed by atoms with Crippen molar-refractivity contribution in [1.82, 2.24) is 15.0 Å². The molecule has 0 spiro atoms. The Kier molecular flexibility index (Phi) is 6.23. The van der Waals surface area contributed by atoms with Crippen LogP contribution >= 0.6 is 11.6 Å². The van der Waals surface area contributed by atoms with Gasteiger partial charge in [-0.1, -0.05) is 46.6 Å². The van der Waals surface area contributed by atoms with Gasteiger partial charge in [-0.3, -0.25) is 4.79 Å². The van der Waals surface area contributed by atoms with Crippen LogP contribution in [0.1, 0.15) is 29.5 Å². The lowest BCUT2D eigenvalue weighted by molar-refractivity contribution is -0.137. The van der Waals surface area contributed by atoms with Gasteiger partial charge in [0.15, 0.2) is 6.10 Å². The first kappa shape index (κ1) is 20.9. The summed E-state index contributed by atoms with van der Waals surface area (Å²) >= 11 is 6.19. The SMILES string of the molecule is Cc1ccc(-c2noc(CN(C)C(=O)[C@@H](C)Oc3cc(C)c(Cl)c(C)c3)n2)cc1. The van der Waals surface area contributed by atoms with Crippen molar-refractivity contribution in [3.05, 3.63) is 64.0 Å². The average Bonchev–Trinajstić information content (AvgIpc) is 3.14. The van der Waals surface area contributed by atoms with Crippen molar-refractivity contribution in [3.63, 3.8) is 0 Å². The summed E-state index contributed by atoms with van der Waals surface area (Å²) in [6, 6.07) is 11.5. The smallest absolute Gasteiger partial charge is 0.263 e. The summed E-state index contributed by atoms with van der Waals surface area (Å²) in [5, 5.41) is 4.70. The molecule has 152 valence electrons. The van der Waals surface area contributed by atoms with Gasteiger partial charge in [0, 0.05) is 17.6 Å². The van der Waals surface area contributed by atoms with E-state index in [1.165, 1.54) is 4.90 Å². The Morgan fingerprint density at radius 3 is 2.41 bits per heavy atom. The number of hydrogen-bond acceptors (Lipinski definition) is 5. The van der Waals surface area contributed by atoms with Crippen LogP contribution in [0.15, 0.2) is 40.9 Å². The van der Waals surface area contributed by atoms with Gasteiger partial charge in [-0.2, -0.15) is 4.98 Å². The maximum Gasteiger partial charge on any atom is 0.263 e. The maximum atomic E-state index is 12.7. The zero-order valence-electron chi connectivity index (χ0n) is 17.2. The summed E-state index contributed by atoms with van der Waals surface area (Å²) in [6.45, 7) is 7.74. The minimum atomic E-state index is -0.667. The monoisotopic (exact) mass is 413 g/mol. The van der Waals surface area contributed by atoms with Gasteiger partial charge in [-0.15, -0.1) is 0 Å². The van der Waals surface area contributed by atoms with Crippen LogP contribution in [0.25, 0.3) is 11.4 Å². The lowest BCUT2D eigenvalue weighted by atomic mass is 10.1. The van der Waals surface area contributed by atoms with Crippen molar-refractivity contribution in [1.29, 1.82) is 0 Å². The predicted octanol–water partition coefficient (Wildman–Crippen LogP) is 4.74. The summed E-state index contributed by atoms with van der Waals surface area (Å²) in [5.41, 5.74) is 3.83. The van der Waals surface area contributed by atoms with Crippen molar-refractivity contribution in [3.8, 4) is 17.1 Å². The van der Waals surface area contributed by atoms with Crippen LogP contribution in [-0.4, -0.2) is 34.1 Å². The number of benzene rings is 2. The molecule has 0 N–H and O–H groups in total. The summed E-state index contributed by atoms with van der Waals surface area (Å²) in [6.07, 6.45) is -0.667. The highest BCUT2D eigenvalue weighted by Crippen LogP contribution is 2.26. The van der Waals surface area contributed by atoms with E-state index in [0.717, 1.165) is 22.3 Å². The van der Waals surface area contributed by atoms with Gasteiger partial charge >= 0.3 is 0 Å². The first-order chi connectivity index (χ1) is 13.7. The Hall–Kier alpha value is -2.86. The van der Waals surface area contributed by atoms with Crippen molar-refractivity contribution in [2.45, 2.75) is 40.3 Å². The Balaban J connectivity index is 1.63. The number of ether oxygens (including phenoxy) is 1. The quantitative estimate of drug-likeness (QED) is 0.583. The fraction of sp³-hybridized carbons (Fsp3) is 0.318. The molecule has 1 aromatic heterocycles. The van der Waals surface area contributed by atoms with E-state index in [1.54, 1.807) is 14.0 Å². The number of carbonyl (C=O) groups excluding carboxylic acids is 1. The third-order valence-electron chi connectivity index (χ3n) is 4.60. The predicted molar refractivity (Wildman–Crippen MR) is 112 cm³/mol. The van der Waals surface area contributed by atoms with E-state index >= 15 is 0 Å². The lowest BCUT2D eigenvalue weighted by Gasteiger charge is -2.21. The highest BCUT2D eigenvalue weighted by atomic mass is 35.5. The van der Waals surface area contributed by atoms with Gasteiger partial charge in [0.25, 0.3) is 5.91 Å². The van der Waals surface area contributed by atoms with Crippen LogP contribution in [0.2, 0.25) is 5.02 Å². The van der Waals surface area contributed by atoms with Crippen molar-refractivity contribution < 1.29 is 14.1 Å². The van der Waals surface area contributed by atoms with E-state index in [-0.39, 0.29) is 12.5 Å². The fourth-order valence-corrected chi connectivity index (χ4v) is 3.07. The average molecular weight is 414 g/mol. The third-order valence-corrected chi connectivity index (χ3v) is 5.19. The summed E-state index contributed by atoms with van der Waals surface area (Å²) in [5.74, 6) is 1.28. The molecular weight excluding hydrogens is 390 g/mol. The van der Waals surface area contributed by atoms with Gasteiger partial charge < -0.3 is 14.2 Å². The van der Waals surface area contributed by atoms with Crippen LogP contribution in [0.5, 0.6) is 5.75 Å². The topological polar surface area (TPSA) is 68.5 Å². The lowest BCUT2D eigenvalue weighted by Crippen LogP contribution is -2.37. The molecule has 0 aliphatic heterocycles. The summed E-state index contributed by atoms with van der Waals surface area (Å²) in [7, 11) is 1.68. The second kappa shape index (κ2) is 8.66. The molecule has 0 saturated heterocycles. The number of likely N-dealkylation sites (N-methyl/N-ethyl adjacent to an activating group) is 1. The Morgan fingerprint density at radius 1 is 1.17 bits per heavy atom. The van der Waals surface area contributed by atoms with E-state index in [1.807, 2.05) is 57.2 Å². The normalized spacial score (nSPS) is 11.9. The number of aromatic nitrogens is 2. The molecule has 3 rings (SSSR count). The molecule has 6 nitrogen and oxygen atoms in total. The van der Waals surface area contributed by atoms with Gasteiger partial charge in [0.2, 0.25) is 11.7 Å². The molecule has 0 aliphatic rings. The first-order valence-corrected chi connectivity index (χ1v) is 9.70. The molecular formula is C22H24ClN3O3. The summed E-state index contributed by atoms with van der Waals surface area (Å²) < 4.78 is 11.1. The number of nitrogens with zero attached hydrogens (tertiary/aromatic N) is 3. The molecule has 1 atom stereocenters. The number of aryl methyl sites for hydroxylation is 3. The van der Waals surface area contributed by atoms with Crippen LogP contribution < -0.4 is 4.74 Å². The second-order valence-electron chi connectivity index (χ2n) is 7.20. The van der Waals surface area contributed by atoms with Gasteiger partial charge in [0.05, 0.1) is 6.54 Å². The molecule has 1 heterocycles. The molecule has 7 heteroatoms. The van der Waals surface area contributed by atoms with Gasteiger partial charge in [0.1, 0.15) is 5.75 Å². The number of amides is 1. The molecule has 0 bridgehead atoms. The van der Waals surface area contributed by atoms with Crippen LogP contribution in [0.3, 0.4) is 0 Å². The minimum absolute atomic E-state index is 0.189. The van der Waals surface area contributed by atoms with Gasteiger partial charge in [-0.05, 0) is 51.0 Å². The molecule has 0 fully saturated rings. The largest absolute Gasteiger partial charge is 0.481 e. The van der Waals surface area contributed by atoms with Crippen LogP contribution in [0.4, 0.5) is 0 Å². The maximum absolute atomic E-state index is 12.7. The number of halogens is 1. The highest BCUT2D eigenvalue weighted by molar-refractivity contribution is 6.32. The second-order valence-corrected chi connectivity index (χ2v) is 7.58. The van der Waals surface area contributed by atoms with E-state index in [2.05, 4.69) is 10.1 Å². The van der Waals surface area contributed by atoms with E-state index < -0.39 is 6.10 Å². The molecule has 0 saturated carbocycles. The Labute approximate surface area is 175 Å². The number of rotatable bonds is 6. The molecule has 1 amide bonds. The zero-order valence-corrected chi connectivity index (χ0v) is 17.9. The van der Waals surface area contributed by atoms with Crippen LogP contribution in [0, 0.1) is 20.8 Å². The van der Waals surface area contributed by atoms with Gasteiger partial charge in [-0.25, -0.2) is 0 Å². The molecule has 0 radical (unpaired) electrons. The van der Waals surface area contributed by atoms with E-state index in [4.69, 9.17) is 20.9 Å². The number of hydrogen-bond donors (Lipinski definition) is 0. The van der Waals surface area contributed by atoms with E-state index in [0.29, 0.717) is 22.5 Å². The van der Waals surface area contributed by atoms with E-state index in [9.17, 15) is 4.79 Å². The van der Waals surface area contributed by atoms with Crippen molar-refractivity contribution in [2.24, 2.45) is 0 Å². The van der Waals surface area contributed by atoms with Crippen LogP contribution in [-0.2, 0) is 11.3 Å². The third kappa shape index (κ3) is 4.95. The minimum Gasteiger partial charge on any atom is -0.481 e. The molecule has 2 aromatic carbocycles. The fourth-order valence-electron chi connectivity index (χ4n) is 2.96. The summed E-state index contributed by atoms with van der Waals surface area (Å²) in [4.78, 5) is 18.6. The Bertz CT molecular complexity index is 991. The van der Waals surface area contributed by atoms with Crippen molar-refractivity contribution >= 4 is 17.5 Å². The molecule has 3 aromatic rings. The number of carbonyl (C=O) groups is 1. The molecule has 29 heavy (non-hydrogen) atoms. The zero-order chi connectivity index (χ0) is 21.1. The standard InChI is InChI=1S/C22H24ClN3O3/c1-13-6-8-17(9-7-13)21-24-19(29-25-21)12-26(5)22(27)16(4)28-18-10-14(2)20(23)15(3)11-18/h6-11,16H,12H2,1-5H3/t16-/m1/s1. The highest BCUT2D eigenvalue weighted by Gasteiger charge is 2.22. The molecule has 0 unspecified atom stereocenters.